The standard InChI is InChI=1S/C19H15Cl2F3N4O/c20-13-6-12(7-14(21)8-13)16(19(22,23)24)3-1-11-2-4-17(28-10-27-9-25)15(5-11)18(26)29/h1-10,16H,(H2,26,29)(H2,25,27,28)/b3-1+. The van der Waals surface area contributed by atoms with Crippen LogP contribution in [0.1, 0.15) is 27.4 Å². The molecule has 0 saturated carbocycles. The second kappa shape index (κ2) is 9.58. The SMILES string of the molecule is NC=NC=Nc1ccc(/C=C/C(c2cc(Cl)cc(Cl)c2)C(F)(F)F)cc1C(N)=O. The number of nitrogens with two attached hydrogens (primary N) is 2. The van der Waals surface area contributed by atoms with Gasteiger partial charge < -0.3 is 11.5 Å². The van der Waals surface area contributed by atoms with E-state index in [0.29, 0.717) is 5.56 Å². The average molecular weight is 443 g/mol. The molecule has 1 unspecified atom stereocenters. The van der Waals surface area contributed by atoms with Crippen molar-refractivity contribution < 1.29 is 18.0 Å². The summed E-state index contributed by atoms with van der Waals surface area (Å²) in [4.78, 5) is 19.1. The lowest BCUT2D eigenvalue weighted by atomic mass is 9.96. The van der Waals surface area contributed by atoms with Crippen molar-refractivity contribution in [3.63, 3.8) is 0 Å². The summed E-state index contributed by atoms with van der Waals surface area (Å²) in [5.74, 6) is -2.74. The van der Waals surface area contributed by atoms with E-state index in [4.69, 9.17) is 34.7 Å². The molecule has 0 aliphatic heterocycles. The average Bonchev–Trinajstić information content (AvgIpc) is 2.61. The van der Waals surface area contributed by atoms with Crippen molar-refractivity contribution in [1.29, 1.82) is 0 Å². The van der Waals surface area contributed by atoms with Crippen molar-refractivity contribution in [2.75, 3.05) is 0 Å². The molecule has 10 heteroatoms. The summed E-state index contributed by atoms with van der Waals surface area (Å²) in [5, 5.41) is 0.182. The highest BCUT2D eigenvalue weighted by Crippen LogP contribution is 2.38. The second-order valence-corrected chi connectivity index (χ2v) is 6.64. The van der Waals surface area contributed by atoms with Crippen LogP contribution < -0.4 is 11.5 Å². The molecule has 0 spiro atoms. The number of amides is 1. The number of primary amides is 1. The summed E-state index contributed by atoms with van der Waals surface area (Å²) in [7, 11) is 0. The Morgan fingerprint density at radius 2 is 1.76 bits per heavy atom. The van der Waals surface area contributed by atoms with Crippen LogP contribution in [-0.2, 0) is 0 Å². The lowest BCUT2D eigenvalue weighted by molar-refractivity contribution is -0.139. The first-order valence-electron chi connectivity index (χ1n) is 8.02. The lowest BCUT2D eigenvalue weighted by Crippen LogP contribution is -2.19. The molecule has 0 bridgehead atoms. The molecule has 152 valence electrons. The third kappa shape index (κ3) is 6.33. The van der Waals surface area contributed by atoms with Gasteiger partial charge >= 0.3 is 6.18 Å². The van der Waals surface area contributed by atoms with Crippen LogP contribution in [0, 0.1) is 0 Å². The smallest absolute Gasteiger partial charge is 0.390 e. The Hall–Kier alpha value is -2.84. The Bertz CT molecular complexity index is 968. The summed E-state index contributed by atoms with van der Waals surface area (Å²) in [6, 6.07) is 7.98. The fraction of sp³-hybridized carbons (Fsp3) is 0.105. The van der Waals surface area contributed by atoms with Crippen LogP contribution in [-0.4, -0.2) is 24.8 Å². The van der Waals surface area contributed by atoms with Gasteiger partial charge in [-0.15, -0.1) is 0 Å². The molecule has 0 fully saturated rings. The highest BCUT2D eigenvalue weighted by Gasteiger charge is 2.39. The van der Waals surface area contributed by atoms with Crippen molar-refractivity contribution in [3.8, 4) is 0 Å². The van der Waals surface area contributed by atoms with Gasteiger partial charge in [0.05, 0.1) is 23.5 Å². The molecule has 2 aromatic rings. The Kier molecular flexibility index (Phi) is 7.41. The quantitative estimate of drug-likeness (QED) is 0.480. The molecular weight excluding hydrogens is 428 g/mol. The predicted molar refractivity (Wildman–Crippen MR) is 110 cm³/mol. The van der Waals surface area contributed by atoms with Crippen LogP contribution in [0.4, 0.5) is 18.9 Å². The van der Waals surface area contributed by atoms with Crippen molar-refractivity contribution in [2.45, 2.75) is 12.1 Å². The fourth-order valence-corrected chi connectivity index (χ4v) is 3.02. The Morgan fingerprint density at radius 3 is 2.31 bits per heavy atom. The zero-order valence-electron chi connectivity index (χ0n) is 14.7. The van der Waals surface area contributed by atoms with Gasteiger partial charge in [0, 0.05) is 10.0 Å². The number of alkyl halides is 3. The molecule has 0 heterocycles. The van der Waals surface area contributed by atoms with Gasteiger partial charge in [-0.2, -0.15) is 13.2 Å². The van der Waals surface area contributed by atoms with E-state index < -0.39 is 18.0 Å². The predicted octanol–water partition coefficient (Wildman–Crippen LogP) is 5.10. The van der Waals surface area contributed by atoms with Crippen molar-refractivity contribution in [3.05, 3.63) is 69.2 Å². The fourth-order valence-electron chi connectivity index (χ4n) is 2.47. The number of hydrogen-bond donors (Lipinski definition) is 2. The van der Waals surface area contributed by atoms with E-state index >= 15 is 0 Å². The van der Waals surface area contributed by atoms with Crippen molar-refractivity contribution in [1.82, 2.24) is 0 Å². The number of aliphatic imine (C=N–C) groups is 2. The number of allylic oxidation sites excluding steroid dienone is 1. The largest absolute Gasteiger partial charge is 0.399 e. The van der Waals surface area contributed by atoms with E-state index in [9.17, 15) is 18.0 Å². The molecule has 2 rings (SSSR count). The lowest BCUT2D eigenvalue weighted by Gasteiger charge is -2.18. The van der Waals surface area contributed by atoms with Crippen LogP contribution >= 0.6 is 23.2 Å². The van der Waals surface area contributed by atoms with Crippen LogP contribution in [0.15, 0.2) is 52.5 Å². The van der Waals surface area contributed by atoms with E-state index in [1.54, 1.807) is 0 Å². The van der Waals surface area contributed by atoms with E-state index in [-0.39, 0.29) is 26.9 Å². The van der Waals surface area contributed by atoms with E-state index in [2.05, 4.69) is 9.98 Å². The molecule has 2 aromatic carbocycles. The summed E-state index contributed by atoms with van der Waals surface area (Å²) in [6.45, 7) is 0. The molecule has 0 aliphatic carbocycles. The number of hydrogen-bond acceptors (Lipinski definition) is 2. The van der Waals surface area contributed by atoms with Crippen LogP contribution in [0.3, 0.4) is 0 Å². The normalized spacial score (nSPS) is 13.6. The number of carbonyl (C=O) groups is 1. The maximum atomic E-state index is 13.6. The van der Waals surface area contributed by atoms with Gasteiger partial charge in [0.2, 0.25) is 0 Å². The molecule has 1 amide bonds. The number of carbonyl (C=O) groups excluding carboxylic acids is 1. The van der Waals surface area contributed by atoms with Gasteiger partial charge in [-0.1, -0.05) is 41.4 Å². The molecule has 0 aromatic heterocycles. The maximum Gasteiger partial charge on any atom is 0.399 e. The second-order valence-electron chi connectivity index (χ2n) is 5.76. The van der Waals surface area contributed by atoms with Crippen molar-refractivity contribution in [2.24, 2.45) is 21.5 Å². The highest BCUT2D eigenvalue weighted by atomic mass is 35.5. The Labute approximate surface area is 174 Å². The molecule has 29 heavy (non-hydrogen) atoms. The number of benzene rings is 2. The molecule has 4 N–H and O–H groups in total. The number of rotatable bonds is 6. The monoisotopic (exact) mass is 442 g/mol. The minimum absolute atomic E-state index is 0.0185. The summed E-state index contributed by atoms with van der Waals surface area (Å²) in [6.07, 6.45) is -0.292. The Balaban J connectivity index is 2.43. The molecule has 0 aliphatic rings. The number of nitrogens with zero attached hydrogens (tertiary/aromatic N) is 2. The first-order valence-corrected chi connectivity index (χ1v) is 8.78. The zero-order valence-corrected chi connectivity index (χ0v) is 16.2. The first-order chi connectivity index (χ1) is 13.6. The summed E-state index contributed by atoms with van der Waals surface area (Å²) < 4.78 is 40.7. The molecule has 5 nitrogen and oxygen atoms in total. The number of halogens is 5. The van der Waals surface area contributed by atoms with E-state index in [1.807, 2.05) is 0 Å². The van der Waals surface area contributed by atoms with Gasteiger partial charge in [-0.05, 0) is 41.5 Å². The third-order valence-corrected chi connectivity index (χ3v) is 4.15. The molecular formula is C19H15Cl2F3N4O. The van der Waals surface area contributed by atoms with E-state index in [1.165, 1.54) is 42.5 Å². The first kappa shape index (κ1) is 22.4. The minimum atomic E-state index is -4.58. The van der Waals surface area contributed by atoms with E-state index in [0.717, 1.165) is 18.8 Å². The Morgan fingerprint density at radius 1 is 1.10 bits per heavy atom. The highest BCUT2D eigenvalue weighted by molar-refractivity contribution is 6.34. The van der Waals surface area contributed by atoms with Crippen LogP contribution in [0.25, 0.3) is 6.08 Å². The minimum Gasteiger partial charge on any atom is -0.390 e. The maximum absolute atomic E-state index is 13.6. The summed E-state index contributed by atoms with van der Waals surface area (Å²) in [5.41, 5.74) is 10.9. The molecule has 1 atom stereocenters. The summed E-state index contributed by atoms with van der Waals surface area (Å²) >= 11 is 11.7. The van der Waals surface area contributed by atoms with Crippen LogP contribution in [0.2, 0.25) is 10.0 Å². The molecule has 0 saturated heterocycles. The molecule has 0 radical (unpaired) electrons. The van der Waals surface area contributed by atoms with Gasteiger partial charge in [0.15, 0.2) is 0 Å². The third-order valence-electron chi connectivity index (χ3n) is 3.71. The van der Waals surface area contributed by atoms with Crippen molar-refractivity contribution >= 4 is 53.5 Å². The van der Waals surface area contributed by atoms with Gasteiger partial charge in [-0.25, -0.2) is 9.98 Å². The van der Waals surface area contributed by atoms with Gasteiger partial charge in [0.1, 0.15) is 6.34 Å². The topological polar surface area (TPSA) is 93.8 Å². The van der Waals surface area contributed by atoms with Crippen LogP contribution in [0.5, 0.6) is 0 Å². The zero-order chi connectivity index (χ0) is 21.6. The van der Waals surface area contributed by atoms with Gasteiger partial charge in [0.25, 0.3) is 5.91 Å². The van der Waals surface area contributed by atoms with Gasteiger partial charge in [-0.3, -0.25) is 4.79 Å².